The number of amides is 2. The average Bonchev–Trinajstić information content (AvgIpc) is 2.73. The van der Waals surface area contributed by atoms with Crippen molar-refractivity contribution in [2.75, 3.05) is 32.8 Å². The summed E-state index contributed by atoms with van der Waals surface area (Å²) in [7, 11) is 0. The molecule has 0 aliphatic carbocycles. The number of benzene rings is 2. The summed E-state index contributed by atoms with van der Waals surface area (Å²) in [5.74, 6) is 0.980. The second-order valence-electron chi connectivity index (χ2n) is 7.19. The molecule has 0 spiro atoms. The molecule has 0 N–H and O–H groups in total. The Labute approximate surface area is 170 Å². The van der Waals surface area contributed by atoms with E-state index in [-0.39, 0.29) is 18.4 Å². The number of carbonyl (C=O) groups excluding carboxylic acids is 2. The highest BCUT2D eigenvalue weighted by molar-refractivity contribution is 6.30. The summed E-state index contributed by atoms with van der Waals surface area (Å²) in [4.78, 5) is 28.6. The molecule has 1 aliphatic rings. The molecular weight excluding hydrogens is 376 g/mol. The lowest BCUT2D eigenvalue weighted by molar-refractivity contribution is -0.134. The quantitative estimate of drug-likeness (QED) is 0.766. The van der Waals surface area contributed by atoms with Crippen molar-refractivity contribution < 1.29 is 14.3 Å². The van der Waals surface area contributed by atoms with Gasteiger partial charge in [-0.15, -0.1) is 0 Å². The van der Waals surface area contributed by atoms with Crippen molar-refractivity contribution in [2.24, 2.45) is 0 Å². The summed E-state index contributed by atoms with van der Waals surface area (Å²) < 4.78 is 5.52. The van der Waals surface area contributed by atoms with Gasteiger partial charge in [-0.3, -0.25) is 9.59 Å². The summed E-state index contributed by atoms with van der Waals surface area (Å²) in [5.41, 5.74) is 1.91. The zero-order valence-electron chi connectivity index (χ0n) is 16.2. The summed E-state index contributed by atoms with van der Waals surface area (Å²) in [6.45, 7) is 6.31. The van der Waals surface area contributed by atoms with E-state index in [1.165, 1.54) is 5.56 Å². The molecule has 0 unspecified atom stereocenters. The minimum atomic E-state index is -0.0802. The molecule has 1 fully saturated rings. The van der Waals surface area contributed by atoms with Crippen LogP contribution in [0.4, 0.5) is 0 Å². The maximum atomic E-state index is 12.7. The van der Waals surface area contributed by atoms with Gasteiger partial charge >= 0.3 is 0 Å². The van der Waals surface area contributed by atoms with Crippen LogP contribution < -0.4 is 4.74 Å². The third-order valence-electron chi connectivity index (χ3n) is 4.92. The van der Waals surface area contributed by atoms with Gasteiger partial charge in [-0.1, -0.05) is 37.6 Å². The molecule has 2 aromatic rings. The molecule has 5 nitrogen and oxygen atoms in total. The fraction of sp³-hybridized carbons (Fsp3) is 0.364. The van der Waals surface area contributed by atoms with Crippen molar-refractivity contribution in [1.29, 1.82) is 0 Å². The number of carbonyl (C=O) groups is 2. The predicted octanol–water partition coefficient (Wildman–Crippen LogP) is 3.83. The van der Waals surface area contributed by atoms with Gasteiger partial charge in [0.15, 0.2) is 6.61 Å². The molecule has 0 bridgehead atoms. The first-order valence-corrected chi connectivity index (χ1v) is 9.87. The second-order valence-corrected chi connectivity index (χ2v) is 7.63. The van der Waals surface area contributed by atoms with E-state index in [4.69, 9.17) is 16.3 Å². The number of halogens is 1. The molecule has 0 atom stereocenters. The van der Waals surface area contributed by atoms with Gasteiger partial charge in [-0.2, -0.15) is 0 Å². The Morgan fingerprint density at radius 2 is 1.50 bits per heavy atom. The minimum absolute atomic E-state index is 0.0137. The molecule has 0 radical (unpaired) electrons. The van der Waals surface area contributed by atoms with E-state index >= 15 is 0 Å². The van der Waals surface area contributed by atoms with Gasteiger partial charge in [0.2, 0.25) is 0 Å². The molecule has 148 valence electrons. The second kappa shape index (κ2) is 9.11. The van der Waals surface area contributed by atoms with Crippen LogP contribution in [-0.2, 0) is 4.79 Å². The van der Waals surface area contributed by atoms with E-state index in [0.29, 0.717) is 48.4 Å². The first-order valence-electron chi connectivity index (χ1n) is 9.49. The zero-order chi connectivity index (χ0) is 20.1. The van der Waals surface area contributed by atoms with Gasteiger partial charge in [0, 0.05) is 36.8 Å². The van der Waals surface area contributed by atoms with Crippen molar-refractivity contribution in [1.82, 2.24) is 9.80 Å². The highest BCUT2D eigenvalue weighted by atomic mass is 35.5. The van der Waals surface area contributed by atoms with E-state index in [1.54, 1.807) is 34.1 Å². The number of rotatable bonds is 5. The smallest absolute Gasteiger partial charge is 0.260 e. The molecule has 2 aromatic carbocycles. The average molecular weight is 401 g/mol. The van der Waals surface area contributed by atoms with Crippen molar-refractivity contribution >= 4 is 23.4 Å². The molecule has 28 heavy (non-hydrogen) atoms. The first-order chi connectivity index (χ1) is 13.4. The lowest BCUT2D eigenvalue weighted by Crippen LogP contribution is -2.51. The van der Waals surface area contributed by atoms with Crippen LogP contribution in [0.1, 0.15) is 35.7 Å². The normalized spacial score (nSPS) is 14.3. The number of piperazine rings is 1. The summed E-state index contributed by atoms with van der Waals surface area (Å²) in [6, 6.07) is 14.7. The monoisotopic (exact) mass is 400 g/mol. The summed E-state index contributed by atoms with van der Waals surface area (Å²) in [5, 5.41) is 0.623. The van der Waals surface area contributed by atoms with Crippen molar-refractivity contribution in [3.63, 3.8) is 0 Å². The van der Waals surface area contributed by atoms with Gasteiger partial charge in [0.05, 0.1) is 0 Å². The van der Waals surface area contributed by atoms with E-state index in [9.17, 15) is 9.59 Å². The Morgan fingerprint density at radius 1 is 0.929 bits per heavy atom. The maximum absolute atomic E-state index is 12.7. The number of hydrogen-bond acceptors (Lipinski definition) is 3. The largest absolute Gasteiger partial charge is 0.484 e. The van der Waals surface area contributed by atoms with Crippen LogP contribution in [0.3, 0.4) is 0 Å². The molecule has 2 amide bonds. The lowest BCUT2D eigenvalue weighted by Gasteiger charge is -2.34. The van der Waals surface area contributed by atoms with Crippen molar-refractivity contribution in [3.05, 3.63) is 64.7 Å². The molecule has 0 aromatic heterocycles. The van der Waals surface area contributed by atoms with Gasteiger partial charge in [-0.05, 0) is 47.9 Å². The first kappa shape index (κ1) is 20.2. The summed E-state index contributed by atoms with van der Waals surface area (Å²) in [6.07, 6.45) is 0. The van der Waals surface area contributed by atoms with Crippen LogP contribution in [0.25, 0.3) is 0 Å². The Morgan fingerprint density at radius 3 is 2.07 bits per heavy atom. The lowest BCUT2D eigenvalue weighted by atomic mass is 10.0. The van der Waals surface area contributed by atoms with Gasteiger partial charge < -0.3 is 14.5 Å². The van der Waals surface area contributed by atoms with Crippen LogP contribution in [0.2, 0.25) is 5.02 Å². The molecule has 1 heterocycles. The third kappa shape index (κ3) is 5.04. The zero-order valence-corrected chi connectivity index (χ0v) is 17.0. The van der Waals surface area contributed by atoms with E-state index < -0.39 is 0 Å². The van der Waals surface area contributed by atoms with Crippen LogP contribution in [0.5, 0.6) is 5.75 Å². The molecular formula is C22H25ClN2O3. The Balaban J connectivity index is 1.48. The van der Waals surface area contributed by atoms with Crippen molar-refractivity contribution in [2.45, 2.75) is 19.8 Å². The molecule has 1 aliphatic heterocycles. The van der Waals surface area contributed by atoms with Crippen LogP contribution in [0.15, 0.2) is 48.5 Å². The minimum Gasteiger partial charge on any atom is -0.484 e. The predicted molar refractivity (Wildman–Crippen MR) is 110 cm³/mol. The third-order valence-corrected chi connectivity index (χ3v) is 5.17. The Bertz CT molecular complexity index is 811. The maximum Gasteiger partial charge on any atom is 0.260 e. The fourth-order valence-corrected chi connectivity index (χ4v) is 3.25. The van der Waals surface area contributed by atoms with E-state index in [0.717, 1.165) is 0 Å². The number of nitrogens with zero attached hydrogens (tertiary/aromatic N) is 2. The number of hydrogen-bond donors (Lipinski definition) is 0. The highest BCUT2D eigenvalue weighted by Gasteiger charge is 2.25. The van der Waals surface area contributed by atoms with E-state index in [2.05, 4.69) is 13.8 Å². The van der Waals surface area contributed by atoms with Crippen molar-refractivity contribution in [3.8, 4) is 5.75 Å². The Kier molecular flexibility index (Phi) is 6.57. The van der Waals surface area contributed by atoms with E-state index in [1.807, 2.05) is 24.3 Å². The van der Waals surface area contributed by atoms with Gasteiger partial charge in [0.25, 0.3) is 11.8 Å². The Hall–Kier alpha value is -2.53. The van der Waals surface area contributed by atoms with Crippen LogP contribution in [-0.4, -0.2) is 54.4 Å². The standard InChI is InChI=1S/C22H25ClN2O3/c1-16(2)17-3-5-18(6-4-17)22(27)25-13-11-24(12-14-25)21(26)15-28-20-9-7-19(23)8-10-20/h3-10,16H,11-15H2,1-2H3. The van der Waals surface area contributed by atoms with Crippen LogP contribution >= 0.6 is 11.6 Å². The van der Waals surface area contributed by atoms with Gasteiger partial charge in [-0.25, -0.2) is 0 Å². The number of ether oxygens (including phenoxy) is 1. The highest BCUT2D eigenvalue weighted by Crippen LogP contribution is 2.17. The van der Waals surface area contributed by atoms with Crippen LogP contribution in [0, 0.1) is 0 Å². The SMILES string of the molecule is CC(C)c1ccc(C(=O)N2CCN(C(=O)COc3ccc(Cl)cc3)CC2)cc1. The van der Waals surface area contributed by atoms with Gasteiger partial charge in [0.1, 0.15) is 5.75 Å². The fourth-order valence-electron chi connectivity index (χ4n) is 3.12. The molecule has 1 saturated heterocycles. The molecule has 0 saturated carbocycles. The summed E-state index contributed by atoms with van der Waals surface area (Å²) >= 11 is 5.84. The molecule has 6 heteroatoms. The molecule has 3 rings (SSSR count). The topological polar surface area (TPSA) is 49.9 Å².